The lowest BCUT2D eigenvalue weighted by Crippen LogP contribution is -2.16. The lowest BCUT2D eigenvalue weighted by atomic mass is 9.97. The summed E-state index contributed by atoms with van der Waals surface area (Å²) in [7, 11) is 1.63. The van der Waals surface area contributed by atoms with Crippen molar-refractivity contribution in [3.8, 4) is 22.4 Å². The first-order chi connectivity index (χ1) is 18.2. The molecule has 3 rings (SSSR count). The summed E-state index contributed by atoms with van der Waals surface area (Å²) in [5, 5.41) is 5.85. The Morgan fingerprint density at radius 2 is 1.89 bits per heavy atom. The number of hydrogen-bond donors (Lipinski definition) is 2. The molecule has 0 aliphatic heterocycles. The Kier molecular flexibility index (Phi) is 9.50. The molecule has 0 saturated heterocycles. The van der Waals surface area contributed by atoms with Crippen molar-refractivity contribution < 1.29 is 22.7 Å². The van der Waals surface area contributed by atoms with Gasteiger partial charge in [0.1, 0.15) is 17.8 Å². The van der Waals surface area contributed by atoms with E-state index in [9.17, 15) is 18.0 Å². The highest BCUT2D eigenvalue weighted by molar-refractivity contribution is 6.06. The summed E-state index contributed by atoms with van der Waals surface area (Å²) in [6.45, 7) is 7.51. The van der Waals surface area contributed by atoms with E-state index in [-0.39, 0.29) is 5.57 Å². The molecular formula is C28H28F3N5O2. The molecule has 0 fully saturated rings. The van der Waals surface area contributed by atoms with Crippen LogP contribution in [-0.2, 0) is 9.53 Å². The molecule has 0 saturated carbocycles. The van der Waals surface area contributed by atoms with Gasteiger partial charge in [0.05, 0.1) is 12.3 Å². The van der Waals surface area contributed by atoms with Crippen molar-refractivity contribution in [2.75, 3.05) is 30.9 Å². The van der Waals surface area contributed by atoms with Gasteiger partial charge in [-0.05, 0) is 61.5 Å². The quantitative estimate of drug-likeness (QED) is 0.143. The van der Waals surface area contributed by atoms with Gasteiger partial charge >= 0.3 is 6.18 Å². The lowest BCUT2D eigenvalue weighted by molar-refractivity contribution is -0.112. The zero-order valence-electron chi connectivity index (χ0n) is 21.3. The second kappa shape index (κ2) is 12.8. The Morgan fingerprint density at radius 1 is 1.13 bits per heavy atom. The molecule has 0 spiro atoms. The van der Waals surface area contributed by atoms with Crippen LogP contribution < -0.4 is 10.6 Å². The molecule has 3 aromatic rings. The number of amides is 1. The number of benzene rings is 2. The fourth-order valence-corrected chi connectivity index (χ4v) is 3.60. The van der Waals surface area contributed by atoms with Crippen molar-refractivity contribution in [3.63, 3.8) is 0 Å². The number of nitrogens with zero attached hydrogens (tertiary/aromatic N) is 3. The second-order valence-corrected chi connectivity index (χ2v) is 8.20. The second-order valence-electron chi connectivity index (χ2n) is 8.20. The molecule has 0 radical (unpaired) electrons. The Bertz CT molecular complexity index is 1370. The number of aromatic nitrogens is 2. The highest BCUT2D eigenvalue weighted by atomic mass is 19.4. The number of aliphatic imine (C=N–C) groups is 1. The fraction of sp³-hybridized carbons (Fsp3) is 0.214. The number of alkyl halides is 3. The highest BCUT2D eigenvalue weighted by Crippen LogP contribution is 2.31. The zero-order chi connectivity index (χ0) is 27.7. The van der Waals surface area contributed by atoms with Crippen LogP contribution in [0.5, 0.6) is 0 Å². The van der Waals surface area contributed by atoms with Gasteiger partial charge in [-0.3, -0.25) is 9.79 Å². The van der Waals surface area contributed by atoms with Gasteiger partial charge in [-0.25, -0.2) is 9.97 Å². The van der Waals surface area contributed by atoms with Crippen molar-refractivity contribution in [1.82, 2.24) is 9.97 Å². The van der Waals surface area contributed by atoms with E-state index < -0.39 is 17.8 Å². The van der Waals surface area contributed by atoms with Gasteiger partial charge in [-0.1, -0.05) is 30.3 Å². The Labute approximate surface area is 219 Å². The first-order valence-corrected chi connectivity index (χ1v) is 11.7. The summed E-state index contributed by atoms with van der Waals surface area (Å²) in [5.41, 5.74) is 3.27. The van der Waals surface area contributed by atoms with Crippen LogP contribution in [0.1, 0.15) is 12.5 Å². The number of carbonyl (C=O) groups is 1. The number of carbonyl (C=O) groups excluding carboxylic acids is 1. The van der Waals surface area contributed by atoms with E-state index in [1.165, 1.54) is 19.3 Å². The average Bonchev–Trinajstić information content (AvgIpc) is 2.90. The number of ether oxygens (including phenoxy) is 1. The van der Waals surface area contributed by atoms with Crippen LogP contribution in [0.15, 0.2) is 83.3 Å². The normalized spacial score (nSPS) is 12.3. The van der Waals surface area contributed by atoms with Crippen molar-refractivity contribution in [2.45, 2.75) is 20.0 Å². The third kappa shape index (κ3) is 7.36. The minimum absolute atomic E-state index is 0.187. The van der Waals surface area contributed by atoms with Gasteiger partial charge in [-0.2, -0.15) is 13.2 Å². The van der Waals surface area contributed by atoms with E-state index >= 15 is 0 Å². The molecule has 38 heavy (non-hydrogen) atoms. The van der Waals surface area contributed by atoms with Crippen molar-refractivity contribution in [3.05, 3.63) is 83.8 Å². The molecule has 0 unspecified atom stereocenters. The van der Waals surface area contributed by atoms with E-state index in [4.69, 9.17) is 4.74 Å². The zero-order valence-corrected chi connectivity index (χ0v) is 21.3. The van der Waals surface area contributed by atoms with Crippen LogP contribution in [0.25, 0.3) is 22.4 Å². The number of rotatable bonds is 10. The topological polar surface area (TPSA) is 88.5 Å². The largest absolute Gasteiger partial charge is 0.433 e. The average molecular weight is 524 g/mol. The maximum Gasteiger partial charge on any atom is 0.433 e. The molecular weight excluding hydrogens is 495 g/mol. The first-order valence-electron chi connectivity index (χ1n) is 11.7. The number of allylic oxidation sites excluding steroid dienone is 2. The van der Waals surface area contributed by atoms with Crippen LogP contribution in [0.3, 0.4) is 0 Å². The summed E-state index contributed by atoms with van der Waals surface area (Å²) in [4.78, 5) is 24.4. The molecule has 2 N–H and O–H groups in total. The van der Waals surface area contributed by atoms with Crippen molar-refractivity contribution >= 4 is 24.1 Å². The molecule has 0 aliphatic carbocycles. The van der Waals surface area contributed by atoms with E-state index in [0.29, 0.717) is 30.7 Å². The first kappa shape index (κ1) is 28.3. The smallest absolute Gasteiger partial charge is 0.383 e. The van der Waals surface area contributed by atoms with Crippen molar-refractivity contribution in [1.29, 1.82) is 0 Å². The fourth-order valence-electron chi connectivity index (χ4n) is 3.60. The number of anilines is 2. The van der Waals surface area contributed by atoms with Gasteiger partial charge in [0.15, 0.2) is 0 Å². The summed E-state index contributed by atoms with van der Waals surface area (Å²) in [5.74, 6) is -0.0246. The van der Waals surface area contributed by atoms with Crippen LogP contribution >= 0.6 is 0 Å². The van der Waals surface area contributed by atoms with Gasteiger partial charge in [0.2, 0.25) is 0 Å². The number of halogens is 3. The predicted molar refractivity (Wildman–Crippen MR) is 144 cm³/mol. The van der Waals surface area contributed by atoms with Gasteiger partial charge < -0.3 is 15.4 Å². The van der Waals surface area contributed by atoms with Crippen LogP contribution in [0, 0.1) is 6.92 Å². The molecule has 1 heterocycles. The number of methoxy groups -OCH3 is 1. The van der Waals surface area contributed by atoms with Crippen molar-refractivity contribution in [2.24, 2.45) is 4.99 Å². The van der Waals surface area contributed by atoms with Crippen LogP contribution in [-0.4, -0.2) is 49.0 Å². The maximum absolute atomic E-state index is 13.1. The van der Waals surface area contributed by atoms with E-state index in [1.54, 1.807) is 19.2 Å². The highest BCUT2D eigenvalue weighted by Gasteiger charge is 2.33. The summed E-state index contributed by atoms with van der Waals surface area (Å²) in [6, 6.07) is 14.9. The predicted octanol–water partition coefficient (Wildman–Crippen LogP) is 6.21. The summed E-state index contributed by atoms with van der Waals surface area (Å²) >= 11 is 0. The molecule has 10 heteroatoms. The summed E-state index contributed by atoms with van der Waals surface area (Å²) in [6.07, 6.45) is -1.29. The van der Waals surface area contributed by atoms with E-state index in [2.05, 4.69) is 32.3 Å². The SMILES string of the molecule is C=N/C(=C\C(=C/C)C(=O)Nc1ccc(C)c(-c2cccc(-c3cc(NCCOC)ncn3)c2)c1)C(F)(F)F. The van der Waals surface area contributed by atoms with Crippen LogP contribution in [0.4, 0.5) is 24.7 Å². The molecule has 0 aliphatic rings. The molecule has 2 aromatic carbocycles. The minimum Gasteiger partial charge on any atom is -0.383 e. The third-order valence-electron chi connectivity index (χ3n) is 5.57. The molecule has 1 aromatic heterocycles. The Morgan fingerprint density at radius 3 is 2.58 bits per heavy atom. The number of aryl methyl sites for hydroxylation is 1. The van der Waals surface area contributed by atoms with E-state index in [0.717, 1.165) is 27.9 Å². The number of nitrogens with one attached hydrogen (secondary N) is 2. The molecule has 0 bridgehead atoms. The van der Waals surface area contributed by atoms with Gasteiger partial charge in [0, 0.05) is 36.5 Å². The molecule has 7 nitrogen and oxygen atoms in total. The molecule has 0 atom stereocenters. The third-order valence-corrected chi connectivity index (χ3v) is 5.57. The van der Waals surface area contributed by atoms with Gasteiger partial charge in [0.25, 0.3) is 5.91 Å². The standard InChI is InChI=1S/C28H28F3N5O2/c1-5-19(14-25(32-3)28(29,30)31)27(37)36-22-10-9-18(2)23(15-22)20-7-6-8-21(13-20)24-16-26(35-17-34-24)33-11-12-38-4/h5-10,13-17H,3,11-12H2,1-2,4H3,(H,36,37)(H,33,34,35)/b19-5+,25-14-. The van der Waals surface area contributed by atoms with Gasteiger partial charge in [-0.15, -0.1) is 0 Å². The number of hydrogen-bond acceptors (Lipinski definition) is 6. The lowest BCUT2D eigenvalue weighted by Gasteiger charge is -2.13. The molecule has 198 valence electrons. The van der Waals surface area contributed by atoms with E-state index in [1.807, 2.05) is 43.3 Å². The monoisotopic (exact) mass is 523 g/mol. The Balaban J connectivity index is 1.87. The summed E-state index contributed by atoms with van der Waals surface area (Å²) < 4.78 is 44.2. The molecule has 1 amide bonds. The maximum atomic E-state index is 13.1. The Hall–Kier alpha value is -4.31. The van der Waals surface area contributed by atoms with Crippen LogP contribution in [0.2, 0.25) is 0 Å². The minimum atomic E-state index is -4.72.